The summed E-state index contributed by atoms with van der Waals surface area (Å²) in [6.45, 7) is 6.74. The Hall–Kier alpha value is -7.42. The first-order valence-electron chi connectivity index (χ1n) is 22.9. The zero-order chi connectivity index (χ0) is 42.9. The molecule has 64 heavy (non-hydrogen) atoms. The largest absolute Gasteiger partial charge is 0.456 e. The summed E-state index contributed by atoms with van der Waals surface area (Å²) in [5, 5.41) is 4.41. The molecule has 0 unspecified atom stereocenters. The summed E-state index contributed by atoms with van der Waals surface area (Å²) >= 11 is 0. The Bertz CT molecular complexity index is 3580. The normalized spacial score (nSPS) is 12.9. The van der Waals surface area contributed by atoms with Crippen LogP contribution in [0.2, 0.25) is 0 Å². The van der Waals surface area contributed by atoms with Crippen LogP contribution >= 0.6 is 0 Å². The summed E-state index contributed by atoms with van der Waals surface area (Å²) < 4.78 is 13.1. The maximum Gasteiger partial charge on any atom is 0.139 e. The van der Waals surface area contributed by atoms with E-state index in [2.05, 4.69) is 203 Å². The van der Waals surface area contributed by atoms with Gasteiger partial charge in [-0.05, 0) is 183 Å². The van der Waals surface area contributed by atoms with Crippen LogP contribution in [0.15, 0.2) is 191 Å². The Morgan fingerprint density at radius 2 is 0.812 bits per heavy atom. The number of rotatable bonds is 9. The lowest BCUT2D eigenvalue weighted by molar-refractivity contribution is 0.656. The fourth-order valence-electron chi connectivity index (χ4n) is 10.1. The van der Waals surface area contributed by atoms with E-state index >= 15 is 0 Å². The third kappa shape index (κ3) is 6.73. The minimum absolute atomic E-state index is 0.625. The molecule has 0 radical (unpaired) electrons. The molecule has 2 heteroatoms. The quantitative estimate of drug-likeness (QED) is 0.145. The van der Waals surface area contributed by atoms with Crippen molar-refractivity contribution in [1.82, 2.24) is 0 Å². The molecule has 9 aromatic carbocycles. The number of benzene rings is 9. The van der Waals surface area contributed by atoms with Crippen molar-refractivity contribution in [2.24, 2.45) is 0 Å². The van der Waals surface area contributed by atoms with Crippen molar-refractivity contribution >= 4 is 43.9 Å². The molecular weight excluding hydrogens is 777 g/mol. The molecule has 0 saturated heterocycles. The Balaban J connectivity index is 0.946. The molecule has 0 amide bonds. The van der Waals surface area contributed by atoms with E-state index in [1.807, 2.05) is 0 Å². The minimum atomic E-state index is 0.625. The fraction of sp³-hybridized carbons (Fsp3) is 0.129. The van der Waals surface area contributed by atoms with E-state index in [4.69, 9.17) is 8.83 Å². The van der Waals surface area contributed by atoms with Crippen LogP contribution in [-0.2, 0) is 6.42 Å². The smallest absolute Gasteiger partial charge is 0.139 e. The van der Waals surface area contributed by atoms with Crippen molar-refractivity contribution in [3.63, 3.8) is 0 Å². The van der Waals surface area contributed by atoms with E-state index in [-0.39, 0.29) is 0 Å². The Morgan fingerprint density at radius 3 is 1.36 bits per heavy atom. The molecule has 0 N–H and O–H groups in total. The number of fused-ring (bicyclic) bond motifs is 6. The SMILES string of the molecule is CCCc1ccc(-c2ccc3oc4cc5oc6ccc(-c7ccc(C8CC8)c(-c8cc(-c9ccccc9)ccc8C)c7)cc6c5cc4c3c2)cc1-c1cc(-c2ccccc2)ccc1C. The predicted octanol–water partition coefficient (Wildman–Crippen LogP) is 17.9. The van der Waals surface area contributed by atoms with Gasteiger partial charge in [0, 0.05) is 27.6 Å². The summed E-state index contributed by atoms with van der Waals surface area (Å²) in [4.78, 5) is 0. The van der Waals surface area contributed by atoms with Crippen molar-refractivity contribution in [3.05, 3.63) is 204 Å². The molecule has 2 nitrogen and oxygen atoms in total. The second kappa shape index (κ2) is 15.4. The molecular formula is C62H48O2. The molecule has 308 valence electrons. The van der Waals surface area contributed by atoms with Crippen LogP contribution in [0, 0.1) is 13.8 Å². The van der Waals surface area contributed by atoms with Gasteiger partial charge in [-0.15, -0.1) is 0 Å². The van der Waals surface area contributed by atoms with Crippen LogP contribution < -0.4 is 0 Å². The van der Waals surface area contributed by atoms with Crippen molar-refractivity contribution in [1.29, 1.82) is 0 Å². The number of hydrogen-bond acceptors (Lipinski definition) is 2. The lowest BCUT2D eigenvalue weighted by Crippen LogP contribution is -1.94. The van der Waals surface area contributed by atoms with Gasteiger partial charge in [-0.25, -0.2) is 0 Å². The first-order valence-corrected chi connectivity index (χ1v) is 22.9. The summed E-state index contributed by atoms with van der Waals surface area (Å²) in [6.07, 6.45) is 4.63. The van der Waals surface area contributed by atoms with Crippen LogP contribution in [0.5, 0.6) is 0 Å². The molecule has 11 aromatic rings. The van der Waals surface area contributed by atoms with Gasteiger partial charge in [-0.1, -0.05) is 135 Å². The third-order valence-electron chi connectivity index (χ3n) is 13.7. The zero-order valence-corrected chi connectivity index (χ0v) is 36.5. The molecule has 0 atom stereocenters. The minimum Gasteiger partial charge on any atom is -0.456 e. The average molecular weight is 825 g/mol. The summed E-state index contributed by atoms with van der Waals surface area (Å²) in [7, 11) is 0. The topological polar surface area (TPSA) is 26.3 Å². The van der Waals surface area contributed by atoms with E-state index in [1.165, 1.54) is 102 Å². The van der Waals surface area contributed by atoms with Crippen LogP contribution in [0.3, 0.4) is 0 Å². The maximum absolute atomic E-state index is 6.54. The highest BCUT2D eigenvalue weighted by molar-refractivity contribution is 6.16. The van der Waals surface area contributed by atoms with Gasteiger partial charge in [0.25, 0.3) is 0 Å². The van der Waals surface area contributed by atoms with E-state index in [0.717, 1.165) is 56.7 Å². The van der Waals surface area contributed by atoms with Crippen molar-refractivity contribution < 1.29 is 8.83 Å². The predicted molar refractivity (Wildman–Crippen MR) is 269 cm³/mol. The summed E-state index contributed by atoms with van der Waals surface area (Å²) in [6, 6.07) is 67.0. The maximum atomic E-state index is 6.54. The second-order valence-corrected chi connectivity index (χ2v) is 18.0. The molecule has 2 aromatic heterocycles. The monoisotopic (exact) mass is 824 g/mol. The van der Waals surface area contributed by atoms with E-state index < -0.39 is 0 Å². The van der Waals surface area contributed by atoms with Gasteiger partial charge in [0.2, 0.25) is 0 Å². The molecule has 1 aliphatic rings. The van der Waals surface area contributed by atoms with Gasteiger partial charge in [0.1, 0.15) is 22.3 Å². The lowest BCUT2D eigenvalue weighted by atomic mass is 9.88. The van der Waals surface area contributed by atoms with E-state index in [9.17, 15) is 0 Å². The molecule has 1 saturated carbocycles. The van der Waals surface area contributed by atoms with Gasteiger partial charge >= 0.3 is 0 Å². The van der Waals surface area contributed by atoms with Gasteiger partial charge in [-0.3, -0.25) is 0 Å². The van der Waals surface area contributed by atoms with E-state index in [0.29, 0.717) is 5.92 Å². The number of furan rings is 2. The fourth-order valence-corrected chi connectivity index (χ4v) is 10.1. The molecule has 0 aliphatic heterocycles. The van der Waals surface area contributed by atoms with Gasteiger partial charge in [0.05, 0.1) is 0 Å². The van der Waals surface area contributed by atoms with Gasteiger partial charge < -0.3 is 8.83 Å². The van der Waals surface area contributed by atoms with Crippen LogP contribution in [-0.4, -0.2) is 0 Å². The summed E-state index contributed by atoms with van der Waals surface area (Å²) in [5.74, 6) is 0.625. The highest BCUT2D eigenvalue weighted by Crippen LogP contribution is 2.47. The Kier molecular flexibility index (Phi) is 9.23. The van der Waals surface area contributed by atoms with Crippen LogP contribution in [0.25, 0.3) is 111 Å². The van der Waals surface area contributed by atoms with Crippen LogP contribution in [0.4, 0.5) is 0 Å². The van der Waals surface area contributed by atoms with Crippen molar-refractivity contribution in [2.45, 2.75) is 52.4 Å². The third-order valence-corrected chi connectivity index (χ3v) is 13.7. The van der Waals surface area contributed by atoms with Gasteiger partial charge in [-0.2, -0.15) is 0 Å². The molecule has 0 bridgehead atoms. The average Bonchev–Trinajstić information content (AvgIpc) is 4.04. The van der Waals surface area contributed by atoms with E-state index in [1.54, 1.807) is 0 Å². The molecule has 12 rings (SSSR count). The Morgan fingerprint density at radius 1 is 0.375 bits per heavy atom. The molecule has 1 fully saturated rings. The number of hydrogen-bond donors (Lipinski definition) is 0. The highest BCUT2D eigenvalue weighted by atomic mass is 16.3. The number of aryl methyl sites for hydroxylation is 3. The second-order valence-electron chi connectivity index (χ2n) is 18.0. The lowest BCUT2D eigenvalue weighted by Gasteiger charge is -2.16. The zero-order valence-electron chi connectivity index (χ0n) is 36.5. The van der Waals surface area contributed by atoms with Crippen molar-refractivity contribution in [3.8, 4) is 66.8 Å². The molecule has 2 heterocycles. The standard InChI is InChI=1S/C62H48O2/c1-4-11-42-22-23-46(32-53(42)51-30-44(18-16-38(51)2)40-12-7-5-8-13-40)48-25-28-59-55(34-48)57-36-58-56-35-49(26-29-60(56)64-62(58)37-61(57)63-59)47-24-27-50(43-20-21-43)54(33-47)52-31-45(19-17-39(52)3)41-14-9-6-10-15-41/h5-10,12-19,22-37,43H,4,11,20-21H2,1-3H3. The van der Waals surface area contributed by atoms with Gasteiger partial charge in [0.15, 0.2) is 0 Å². The van der Waals surface area contributed by atoms with Crippen LogP contribution in [0.1, 0.15) is 54.4 Å². The van der Waals surface area contributed by atoms with Crippen molar-refractivity contribution in [2.75, 3.05) is 0 Å². The summed E-state index contributed by atoms with van der Waals surface area (Å²) in [5.41, 5.74) is 23.8. The highest BCUT2D eigenvalue weighted by Gasteiger charge is 2.27. The first kappa shape index (κ1) is 38.3. The molecule has 1 aliphatic carbocycles. The first-order chi connectivity index (χ1) is 31.5. The molecule has 0 spiro atoms. The Labute approximate surface area is 374 Å².